The number of allylic oxidation sites excluding steroid dienone is 3. The lowest BCUT2D eigenvalue weighted by molar-refractivity contribution is -0.143. The van der Waals surface area contributed by atoms with Crippen LogP contribution < -0.4 is 5.32 Å². The van der Waals surface area contributed by atoms with E-state index in [9.17, 15) is 19.8 Å². The topological polar surface area (TPSA) is 95.9 Å². The Labute approximate surface area is 335 Å². The van der Waals surface area contributed by atoms with Gasteiger partial charge in [-0.2, -0.15) is 0 Å². The number of unbranched alkanes of at least 4 members (excludes halogenated alkanes) is 30. The van der Waals surface area contributed by atoms with E-state index < -0.39 is 12.1 Å². The molecule has 6 nitrogen and oxygen atoms in total. The SMILES string of the molecule is CCCCC/C=C\CCCCCCCC(=O)OCCCCCCCCCCCCCCCCCCC(=O)NC(CO)C(O)/C=C/CCCCCCCCC. The standard InChI is InChI=1S/C48H91NO5/c1-3-5-7-9-11-13-14-22-26-30-34-38-42-48(53)54-43-39-35-31-27-23-20-18-16-15-17-19-21-25-29-33-37-41-47(52)49-45(44-50)46(51)40-36-32-28-24-12-10-8-6-4-2/h11,13,36,40,45-46,50-51H,3-10,12,14-35,37-39,41-44H2,1-2H3,(H,49,52)/b13-11-,40-36+. The van der Waals surface area contributed by atoms with Crippen molar-refractivity contribution in [3.63, 3.8) is 0 Å². The first-order chi connectivity index (χ1) is 26.5. The second-order valence-electron chi connectivity index (χ2n) is 16.1. The molecule has 0 saturated heterocycles. The molecule has 54 heavy (non-hydrogen) atoms. The van der Waals surface area contributed by atoms with Crippen LogP contribution in [0.15, 0.2) is 24.3 Å². The minimum Gasteiger partial charge on any atom is -0.466 e. The Kier molecular flexibility index (Phi) is 42.7. The zero-order valence-corrected chi connectivity index (χ0v) is 36.0. The van der Waals surface area contributed by atoms with Crippen LogP contribution in [0.4, 0.5) is 0 Å². The Morgan fingerprint density at radius 1 is 0.500 bits per heavy atom. The molecule has 0 aliphatic heterocycles. The van der Waals surface area contributed by atoms with Crippen molar-refractivity contribution in [2.45, 2.75) is 257 Å². The molecule has 0 saturated carbocycles. The van der Waals surface area contributed by atoms with Gasteiger partial charge in [0.05, 0.1) is 25.4 Å². The highest BCUT2D eigenvalue weighted by Gasteiger charge is 2.18. The Hall–Kier alpha value is -1.66. The molecule has 0 aromatic rings. The van der Waals surface area contributed by atoms with E-state index in [1.54, 1.807) is 6.08 Å². The van der Waals surface area contributed by atoms with Crippen LogP contribution in [0.25, 0.3) is 0 Å². The average Bonchev–Trinajstić information content (AvgIpc) is 3.17. The number of carbonyl (C=O) groups is 2. The number of carbonyl (C=O) groups excluding carboxylic acids is 2. The van der Waals surface area contributed by atoms with E-state index in [-0.39, 0.29) is 18.5 Å². The number of esters is 1. The highest BCUT2D eigenvalue weighted by atomic mass is 16.5. The molecule has 0 aromatic carbocycles. The predicted molar refractivity (Wildman–Crippen MR) is 232 cm³/mol. The number of hydrogen-bond donors (Lipinski definition) is 3. The molecule has 0 heterocycles. The number of nitrogens with one attached hydrogen (secondary N) is 1. The van der Waals surface area contributed by atoms with Gasteiger partial charge in [-0.15, -0.1) is 0 Å². The third kappa shape index (κ3) is 40.0. The largest absolute Gasteiger partial charge is 0.466 e. The van der Waals surface area contributed by atoms with Gasteiger partial charge in [0, 0.05) is 12.8 Å². The molecule has 2 unspecified atom stereocenters. The second-order valence-corrected chi connectivity index (χ2v) is 16.1. The van der Waals surface area contributed by atoms with Crippen LogP contribution in [0.5, 0.6) is 0 Å². The lowest BCUT2D eigenvalue weighted by Crippen LogP contribution is -2.45. The molecular weight excluding hydrogens is 671 g/mol. The number of rotatable bonds is 43. The van der Waals surface area contributed by atoms with Crippen molar-refractivity contribution in [1.82, 2.24) is 5.32 Å². The van der Waals surface area contributed by atoms with Crippen molar-refractivity contribution in [3.8, 4) is 0 Å². The summed E-state index contributed by atoms with van der Waals surface area (Å²) in [7, 11) is 0. The van der Waals surface area contributed by atoms with Gasteiger partial charge in [0.1, 0.15) is 0 Å². The number of hydrogen-bond acceptors (Lipinski definition) is 5. The van der Waals surface area contributed by atoms with E-state index in [4.69, 9.17) is 4.74 Å². The molecule has 0 aliphatic carbocycles. The quantitative estimate of drug-likeness (QED) is 0.0327. The van der Waals surface area contributed by atoms with Crippen molar-refractivity contribution in [3.05, 3.63) is 24.3 Å². The van der Waals surface area contributed by atoms with Crippen molar-refractivity contribution in [2.24, 2.45) is 0 Å². The third-order valence-electron chi connectivity index (χ3n) is 10.7. The number of amides is 1. The molecule has 0 radical (unpaired) electrons. The van der Waals surface area contributed by atoms with Gasteiger partial charge in [0.2, 0.25) is 5.91 Å². The first-order valence-electron chi connectivity index (χ1n) is 23.6. The maximum absolute atomic E-state index is 12.3. The molecular formula is C48H91NO5. The zero-order chi connectivity index (χ0) is 39.4. The predicted octanol–water partition coefficient (Wildman–Crippen LogP) is 13.6. The van der Waals surface area contributed by atoms with Gasteiger partial charge in [0.25, 0.3) is 0 Å². The zero-order valence-electron chi connectivity index (χ0n) is 36.0. The fraction of sp³-hybridized carbons (Fsp3) is 0.875. The molecule has 2 atom stereocenters. The van der Waals surface area contributed by atoms with Gasteiger partial charge >= 0.3 is 5.97 Å². The highest BCUT2D eigenvalue weighted by Crippen LogP contribution is 2.15. The molecule has 0 spiro atoms. The summed E-state index contributed by atoms with van der Waals surface area (Å²) in [5.41, 5.74) is 0. The van der Waals surface area contributed by atoms with Crippen LogP contribution in [-0.4, -0.2) is 47.4 Å². The van der Waals surface area contributed by atoms with Gasteiger partial charge in [-0.25, -0.2) is 0 Å². The molecule has 6 heteroatoms. The Morgan fingerprint density at radius 3 is 1.35 bits per heavy atom. The molecule has 0 bridgehead atoms. The fourth-order valence-electron chi connectivity index (χ4n) is 7.04. The summed E-state index contributed by atoms with van der Waals surface area (Å²) in [4.78, 5) is 24.3. The average molecular weight is 762 g/mol. The molecule has 0 aliphatic rings. The first-order valence-corrected chi connectivity index (χ1v) is 23.6. The summed E-state index contributed by atoms with van der Waals surface area (Å²) in [6, 6.07) is -0.630. The number of ether oxygens (including phenoxy) is 1. The summed E-state index contributed by atoms with van der Waals surface area (Å²) in [5.74, 6) is -0.0874. The number of aliphatic hydroxyl groups excluding tert-OH is 2. The summed E-state index contributed by atoms with van der Waals surface area (Å²) in [6.45, 7) is 4.82. The maximum Gasteiger partial charge on any atom is 0.305 e. The van der Waals surface area contributed by atoms with Gasteiger partial charge < -0.3 is 20.3 Å². The van der Waals surface area contributed by atoms with E-state index in [0.717, 1.165) is 44.9 Å². The van der Waals surface area contributed by atoms with Crippen LogP contribution in [0.2, 0.25) is 0 Å². The molecule has 0 aromatic heterocycles. The van der Waals surface area contributed by atoms with E-state index in [2.05, 4.69) is 31.3 Å². The summed E-state index contributed by atoms with van der Waals surface area (Å²) in [6.07, 6.45) is 50.3. The molecule has 3 N–H and O–H groups in total. The molecule has 1 amide bonds. The summed E-state index contributed by atoms with van der Waals surface area (Å²) in [5, 5.41) is 22.9. The Balaban J connectivity index is 3.43. The minimum absolute atomic E-state index is 0.00891. The highest BCUT2D eigenvalue weighted by molar-refractivity contribution is 5.76. The minimum atomic E-state index is -0.846. The van der Waals surface area contributed by atoms with E-state index in [0.29, 0.717) is 19.4 Å². The summed E-state index contributed by atoms with van der Waals surface area (Å²) < 4.78 is 5.44. The normalized spacial score (nSPS) is 12.9. The fourth-order valence-corrected chi connectivity index (χ4v) is 7.04. The number of aliphatic hydroxyl groups is 2. The van der Waals surface area contributed by atoms with Crippen LogP contribution in [0.1, 0.15) is 245 Å². The molecule has 318 valence electrons. The van der Waals surface area contributed by atoms with E-state index in [1.807, 2.05) is 6.08 Å². The monoisotopic (exact) mass is 762 g/mol. The first kappa shape index (κ1) is 52.3. The van der Waals surface area contributed by atoms with E-state index in [1.165, 1.54) is 173 Å². The van der Waals surface area contributed by atoms with Crippen LogP contribution >= 0.6 is 0 Å². The van der Waals surface area contributed by atoms with Crippen molar-refractivity contribution < 1.29 is 24.5 Å². The van der Waals surface area contributed by atoms with Crippen molar-refractivity contribution in [1.29, 1.82) is 0 Å². The van der Waals surface area contributed by atoms with Gasteiger partial charge in [-0.3, -0.25) is 9.59 Å². The summed E-state index contributed by atoms with van der Waals surface area (Å²) >= 11 is 0. The molecule has 0 fully saturated rings. The van der Waals surface area contributed by atoms with Crippen LogP contribution in [0, 0.1) is 0 Å². The smallest absolute Gasteiger partial charge is 0.305 e. The Bertz CT molecular complexity index is 843. The van der Waals surface area contributed by atoms with Crippen molar-refractivity contribution >= 4 is 11.9 Å². The maximum atomic E-state index is 12.3. The van der Waals surface area contributed by atoms with Gasteiger partial charge in [0.15, 0.2) is 0 Å². The van der Waals surface area contributed by atoms with Gasteiger partial charge in [-0.05, 0) is 57.8 Å². The third-order valence-corrected chi connectivity index (χ3v) is 10.7. The van der Waals surface area contributed by atoms with Gasteiger partial charge in [-0.1, -0.05) is 199 Å². The lowest BCUT2D eigenvalue weighted by atomic mass is 10.0. The van der Waals surface area contributed by atoms with Crippen LogP contribution in [-0.2, 0) is 14.3 Å². The lowest BCUT2D eigenvalue weighted by Gasteiger charge is -2.20. The molecule has 0 rings (SSSR count). The van der Waals surface area contributed by atoms with Crippen LogP contribution in [0.3, 0.4) is 0 Å². The van der Waals surface area contributed by atoms with E-state index >= 15 is 0 Å². The van der Waals surface area contributed by atoms with Crippen molar-refractivity contribution in [2.75, 3.05) is 13.2 Å². The Morgan fingerprint density at radius 2 is 0.870 bits per heavy atom. The second kappa shape index (κ2) is 44.1.